The zero-order valence-electron chi connectivity index (χ0n) is 13.4. The summed E-state index contributed by atoms with van der Waals surface area (Å²) in [6.07, 6.45) is 0.706. The Bertz CT molecular complexity index is 453. The fourth-order valence-electron chi connectivity index (χ4n) is 3.75. The van der Waals surface area contributed by atoms with Crippen molar-refractivity contribution < 1.29 is 24.2 Å². The summed E-state index contributed by atoms with van der Waals surface area (Å²) in [5, 5.41) is 12.4. The number of carbonyl (C=O) groups excluding carboxylic acids is 1. The van der Waals surface area contributed by atoms with Crippen LogP contribution in [0.15, 0.2) is 0 Å². The number of hydrogen-bond donors (Lipinski definition) is 2. The normalized spacial score (nSPS) is 34.3. The Labute approximate surface area is 125 Å². The van der Waals surface area contributed by atoms with Crippen LogP contribution < -0.4 is 5.32 Å². The van der Waals surface area contributed by atoms with Crippen molar-refractivity contribution in [2.75, 3.05) is 6.61 Å². The second-order valence-electron chi connectivity index (χ2n) is 7.50. The van der Waals surface area contributed by atoms with Gasteiger partial charge in [0.05, 0.1) is 6.10 Å². The monoisotopic (exact) mass is 299 g/mol. The van der Waals surface area contributed by atoms with E-state index in [4.69, 9.17) is 9.47 Å². The van der Waals surface area contributed by atoms with Gasteiger partial charge in [0.15, 0.2) is 5.54 Å². The van der Waals surface area contributed by atoms with Crippen molar-refractivity contribution in [1.29, 1.82) is 0 Å². The molecule has 1 heterocycles. The number of ether oxygens (including phenoxy) is 2. The molecule has 0 radical (unpaired) electrons. The first-order valence-electron chi connectivity index (χ1n) is 7.38. The molecule has 2 N–H and O–H groups in total. The lowest BCUT2D eigenvalue weighted by molar-refractivity contribution is -0.241. The van der Waals surface area contributed by atoms with Crippen LogP contribution in [-0.4, -0.2) is 41.0 Å². The Morgan fingerprint density at radius 3 is 2.48 bits per heavy atom. The molecule has 0 unspecified atom stereocenters. The van der Waals surface area contributed by atoms with Gasteiger partial charge in [-0.1, -0.05) is 13.8 Å². The molecule has 0 aromatic carbocycles. The number of carbonyl (C=O) groups is 2. The number of aliphatic carboxylic acids is 1. The van der Waals surface area contributed by atoms with Gasteiger partial charge >= 0.3 is 12.1 Å². The maximum atomic E-state index is 12.1. The number of carboxylic acids is 1. The minimum absolute atomic E-state index is 0.141. The molecule has 120 valence electrons. The third-order valence-electron chi connectivity index (χ3n) is 4.64. The summed E-state index contributed by atoms with van der Waals surface area (Å²) in [7, 11) is 0. The van der Waals surface area contributed by atoms with Crippen LogP contribution in [0.1, 0.15) is 47.5 Å². The number of rotatable bonds is 2. The number of fused-ring (bicyclic) bond motifs is 1. The topological polar surface area (TPSA) is 84.9 Å². The SMILES string of the molecule is CC(C)(C)OC(=O)N[C@]1(C(=O)O)[C@@H]2CCCO[C@@H]2C1(C)C. The Balaban J connectivity index is 2.25. The maximum absolute atomic E-state index is 12.1. The standard InChI is InChI=1S/C15H25NO5/c1-13(2,3)21-12(19)16-15(11(17)18)9-7-6-8-20-10(9)14(15,4)5/h9-10H,6-8H2,1-5H3,(H,16,19)(H,17,18)/t9-,10+,15+/m1/s1. The van der Waals surface area contributed by atoms with Crippen molar-refractivity contribution in [2.24, 2.45) is 11.3 Å². The molecular weight excluding hydrogens is 274 g/mol. The number of alkyl carbamates (subject to hydrolysis) is 1. The average Bonchev–Trinajstić information content (AvgIpc) is 2.33. The predicted molar refractivity (Wildman–Crippen MR) is 76.0 cm³/mol. The highest BCUT2D eigenvalue weighted by atomic mass is 16.6. The molecule has 21 heavy (non-hydrogen) atoms. The van der Waals surface area contributed by atoms with Crippen LogP contribution in [0.3, 0.4) is 0 Å². The van der Waals surface area contributed by atoms with Crippen molar-refractivity contribution in [1.82, 2.24) is 5.32 Å². The van der Waals surface area contributed by atoms with E-state index in [2.05, 4.69) is 5.32 Å². The number of hydrogen-bond acceptors (Lipinski definition) is 4. The Hall–Kier alpha value is -1.30. The Kier molecular flexibility index (Phi) is 3.72. The molecule has 0 spiro atoms. The lowest BCUT2D eigenvalue weighted by Gasteiger charge is -2.65. The fraction of sp³-hybridized carbons (Fsp3) is 0.867. The summed E-state index contributed by atoms with van der Waals surface area (Å²) in [6.45, 7) is 9.54. The number of carboxylic acid groups (broad SMARTS) is 1. The molecular formula is C15H25NO5. The molecule has 1 saturated carbocycles. The molecule has 2 aliphatic rings. The minimum atomic E-state index is -1.33. The first kappa shape index (κ1) is 16.1. The van der Waals surface area contributed by atoms with E-state index in [1.54, 1.807) is 20.8 Å². The molecule has 3 atom stereocenters. The first-order valence-corrected chi connectivity index (χ1v) is 7.38. The molecule has 1 amide bonds. The van der Waals surface area contributed by atoms with Crippen LogP contribution in [-0.2, 0) is 14.3 Å². The summed E-state index contributed by atoms with van der Waals surface area (Å²) in [5.74, 6) is -1.24. The van der Waals surface area contributed by atoms with Crippen LogP contribution in [0.5, 0.6) is 0 Å². The molecule has 6 heteroatoms. The smallest absolute Gasteiger partial charge is 0.408 e. The highest BCUT2D eigenvalue weighted by Gasteiger charge is 2.73. The van der Waals surface area contributed by atoms with Gasteiger partial charge in [-0.2, -0.15) is 0 Å². The molecule has 0 aromatic heterocycles. The molecule has 0 aromatic rings. The third kappa shape index (κ3) is 2.39. The van der Waals surface area contributed by atoms with Gasteiger partial charge in [-0.15, -0.1) is 0 Å². The highest BCUT2D eigenvalue weighted by molar-refractivity contribution is 5.88. The highest BCUT2D eigenvalue weighted by Crippen LogP contribution is 2.58. The summed E-state index contributed by atoms with van der Waals surface area (Å²) in [4.78, 5) is 24.0. The van der Waals surface area contributed by atoms with E-state index >= 15 is 0 Å². The Morgan fingerprint density at radius 2 is 1.95 bits per heavy atom. The van der Waals surface area contributed by atoms with Crippen LogP contribution in [0.25, 0.3) is 0 Å². The number of amides is 1. The van der Waals surface area contributed by atoms with Gasteiger partial charge in [-0.05, 0) is 33.6 Å². The Morgan fingerprint density at radius 1 is 1.33 bits per heavy atom. The van der Waals surface area contributed by atoms with E-state index in [0.717, 1.165) is 12.8 Å². The molecule has 0 bridgehead atoms. The third-order valence-corrected chi connectivity index (χ3v) is 4.64. The van der Waals surface area contributed by atoms with E-state index in [1.165, 1.54) is 0 Å². The van der Waals surface area contributed by atoms with Crippen LogP contribution in [0.2, 0.25) is 0 Å². The molecule has 2 fully saturated rings. The lowest BCUT2D eigenvalue weighted by atomic mass is 9.46. The molecule has 2 rings (SSSR count). The average molecular weight is 299 g/mol. The van der Waals surface area contributed by atoms with Gasteiger partial charge in [0.1, 0.15) is 5.60 Å². The van der Waals surface area contributed by atoms with Crippen LogP contribution >= 0.6 is 0 Å². The van der Waals surface area contributed by atoms with E-state index in [-0.39, 0.29) is 12.0 Å². The molecule has 1 aliphatic carbocycles. The quantitative estimate of drug-likeness (QED) is 0.816. The summed E-state index contributed by atoms with van der Waals surface area (Å²) >= 11 is 0. The van der Waals surface area contributed by atoms with E-state index in [1.807, 2.05) is 13.8 Å². The van der Waals surface area contributed by atoms with Gasteiger partial charge in [0, 0.05) is 17.9 Å². The fourth-order valence-corrected chi connectivity index (χ4v) is 3.75. The first-order chi connectivity index (χ1) is 9.52. The van der Waals surface area contributed by atoms with E-state index < -0.39 is 28.6 Å². The summed E-state index contributed by atoms with van der Waals surface area (Å²) in [6, 6.07) is 0. The van der Waals surface area contributed by atoms with Crippen molar-refractivity contribution in [3.05, 3.63) is 0 Å². The lowest BCUT2D eigenvalue weighted by Crippen LogP contribution is -2.82. The van der Waals surface area contributed by atoms with Gasteiger partial charge < -0.3 is 19.9 Å². The van der Waals surface area contributed by atoms with Crippen molar-refractivity contribution in [2.45, 2.75) is 64.7 Å². The van der Waals surface area contributed by atoms with E-state index in [0.29, 0.717) is 6.61 Å². The van der Waals surface area contributed by atoms with Gasteiger partial charge in [-0.3, -0.25) is 0 Å². The summed E-state index contributed by atoms with van der Waals surface area (Å²) in [5.41, 5.74) is -2.68. The van der Waals surface area contributed by atoms with Gasteiger partial charge in [0.2, 0.25) is 0 Å². The van der Waals surface area contributed by atoms with Crippen LogP contribution in [0, 0.1) is 11.3 Å². The van der Waals surface area contributed by atoms with Crippen LogP contribution in [0.4, 0.5) is 4.79 Å². The predicted octanol–water partition coefficient (Wildman–Crippen LogP) is 2.17. The molecule has 1 aliphatic heterocycles. The zero-order valence-corrected chi connectivity index (χ0v) is 13.4. The van der Waals surface area contributed by atoms with Crippen molar-refractivity contribution in [3.8, 4) is 0 Å². The van der Waals surface area contributed by atoms with Gasteiger partial charge in [0.25, 0.3) is 0 Å². The van der Waals surface area contributed by atoms with Crippen molar-refractivity contribution >= 4 is 12.1 Å². The maximum Gasteiger partial charge on any atom is 0.408 e. The number of nitrogens with one attached hydrogen (secondary N) is 1. The molecule has 6 nitrogen and oxygen atoms in total. The van der Waals surface area contributed by atoms with Gasteiger partial charge in [-0.25, -0.2) is 9.59 Å². The summed E-state index contributed by atoms with van der Waals surface area (Å²) < 4.78 is 11.0. The minimum Gasteiger partial charge on any atom is -0.479 e. The largest absolute Gasteiger partial charge is 0.479 e. The second-order valence-corrected chi connectivity index (χ2v) is 7.50. The zero-order chi connectivity index (χ0) is 16.1. The van der Waals surface area contributed by atoms with E-state index in [9.17, 15) is 14.7 Å². The second kappa shape index (κ2) is 4.87. The molecule has 1 saturated heterocycles. The van der Waals surface area contributed by atoms with Crippen molar-refractivity contribution in [3.63, 3.8) is 0 Å².